The summed E-state index contributed by atoms with van der Waals surface area (Å²) in [6, 6.07) is 2.15. The standard InChI is InChI=1S/C13H13F3N2O3/c14-13(15,16)8-1-2-9(12(20)21)10(4-8)18-11(19)3-7-5-17-6-7/h1-2,4,7,17H,3,5-6H2,(H,18,19)(H,20,21). The molecule has 21 heavy (non-hydrogen) atoms. The molecular weight excluding hydrogens is 289 g/mol. The molecule has 1 aromatic carbocycles. The first-order chi connectivity index (χ1) is 9.77. The Kier molecular flexibility index (Phi) is 4.17. The molecule has 1 aliphatic rings. The largest absolute Gasteiger partial charge is 0.478 e. The maximum Gasteiger partial charge on any atom is 0.416 e. The van der Waals surface area contributed by atoms with Gasteiger partial charge in [0.25, 0.3) is 0 Å². The van der Waals surface area contributed by atoms with Crippen molar-refractivity contribution in [1.82, 2.24) is 5.32 Å². The zero-order valence-corrected chi connectivity index (χ0v) is 10.8. The maximum absolute atomic E-state index is 12.6. The first-order valence-corrected chi connectivity index (χ1v) is 6.22. The summed E-state index contributed by atoms with van der Waals surface area (Å²) >= 11 is 0. The van der Waals surface area contributed by atoms with E-state index in [0.717, 1.165) is 6.07 Å². The number of carboxylic acids is 1. The Hall–Kier alpha value is -2.09. The highest BCUT2D eigenvalue weighted by atomic mass is 19.4. The van der Waals surface area contributed by atoms with E-state index in [2.05, 4.69) is 10.6 Å². The van der Waals surface area contributed by atoms with Crippen LogP contribution in [-0.2, 0) is 11.0 Å². The third kappa shape index (κ3) is 3.72. The molecule has 2 rings (SSSR count). The predicted molar refractivity (Wildman–Crippen MR) is 68.0 cm³/mol. The molecule has 1 aromatic rings. The molecule has 8 heteroatoms. The summed E-state index contributed by atoms with van der Waals surface area (Å²) in [5, 5.41) is 14.2. The van der Waals surface area contributed by atoms with Gasteiger partial charge in [0.2, 0.25) is 5.91 Å². The van der Waals surface area contributed by atoms with Gasteiger partial charge in [0.1, 0.15) is 0 Å². The highest BCUT2D eigenvalue weighted by Gasteiger charge is 2.32. The molecule has 1 amide bonds. The Morgan fingerprint density at radius 2 is 2.00 bits per heavy atom. The molecule has 0 aliphatic carbocycles. The second-order valence-corrected chi connectivity index (χ2v) is 4.84. The number of anilines is 1. The fraction of sp³-hybridized carbons (Fsp3) is 0.385. The minimum atomic E-state index is -4.60. The number of carbonyl (C=O) groups is 2. The summed E-state index contributed by atoms with van der Waals surface area (Å²) in [6.07, 6.45) is -4.46. The van der Waals surface area contributed by atoms with E-state index in [1.54, 1.807) is 0 Å². The van der Waals surface area contributed by atoms with E-state index in [4.69, 9.17) is 5.11 Å². The van der Waals surface area contributed by atoms with Crippen LogP contribution in [0.5, 0.6) is 0 Å². The minimum absolute atomic E-state index is 0.129. The van der Waals surface area contributed by atoms with Crippen LogP contribution in [0.3, 0.4) is 0 Å². The quantitative estimate of drug-likeness (QED) is 0.794. The average Bonchev–Trinajstić information content (AvgIpc) is 2.32. The van der Waals surface area contributed by atoms with Gasteiger partial charge in [0, 0.05) is 6.42 Å². The lowest BCUT2D eigenvalue weighted by atomic mass is 9.99. The first kappa shape index (κ1) is 15.3. The fourth-order valence-corrected chi connectivity index (χ4v) is 1.97. The molecule has 0 atom stereocenters. The van der Waals surface area contributed by atoms with E-state index in [0.29, 0.717) is 25.2 Å². The summed E-state index contributed by atoms with van der Waals surface area (Å²) in [7, 11) is 0. The number of halogens is 3. The van der Waals surface area contributed by atoms with Crippen LogP contribution in [0.2, 0.25) is 0 Å². The molecule has 0 spiro atoms. The van der Waals surface area contributed by atoms with Crippen LogP contribution >= 0.6 is 0 Å². The number of carbonyl (C=O) groups excluding carboxylic acids is 1. The Morgan fingerprint density at radius 1 is 1.33 bits per heavy atom. The number of hydrogen-bond donors (Lipinski definition) is 3. The zero-order valence-electron chi connectivity index (χ0n) is 10.8. The third-order valence-electron chi connectivity index (χ3n) is 3.19. The normalized spacial score (nSPS) is 15.4. The van der Waals surface area contributed by atoms with Crippen molar-refractivity contribution in [1.29, 1.82) is 0 Å². The van der Waals surface area contributed by atoms with Gasteiger partial charge in [-0.1, -0.05) is 0 Å². The van der Waals surface area contributed by atoms with Gasteiger partial charge in [0.05, 0.1) is 16.8 Å². The second kappa shape index (κ2) is 5.72. The molecule has 0 bridgehead atoms. The van der Waals surface area contributed by atoms with Crippen LogP contribution in [-0.4, -0.2) is 30.1 Å². The highest BCUT2D eigenvalue weighted by Crippen LogP contribution is 2.32. The predicted octanol–water partition coefficient (Wildman–Crippen LogP) is 1.95. The fourth-order valence-electron chi connectivity index (χ4n) is 1.97. The van der Waals surface area contributed by atoms with Gasteiger partial charge in [0.15, 0.2) is 0 Å². The van der Waals surface area contributed by atoms with E-state index in [1.807, 2.05) is 0 Å². The van der Waals surface area contributed by atoms with E-state index < -0.39 is 23.6 Å². The molecular formula is C13H13F3N2O3. The number of benzene rings is 1. The molecule has 1 aliphatic heterocycles. The Bertz CT molecular complexity index is 568. The molecule has 0 saturated carbocycles. The van der Waals surface area contributed by atoms with Gasteiger partial charge in [-0.3, -0.25) is 4.79 Å². The SMILES string of the molecule is O=C(CC1CNC1)Nc1cc(C(F)(F)F)ccc1C(=O)O. The van der Waals surface area contributed by atoms with Gasteiger partial charge < -0.3 is 15.7 Å². The van der Waals surface area contributed by atoms with Crippen LogP contribution in [0.1, 0.15) is 22.3 Å². The summed E-state index contributed by atoms with van der Waals surface area (Å²) < 4.78 is 37.9. The number of amides is 1. The number of hydrogen-bond acceptors (Lipinski definition) is 3. The van der Waals surface area contributed by atoms with Gasteiger partial charge in [-0.2, -0.15) is 13.2 Å². The number of aromatic carboxylic acids is 1. The monoisotopic (exact) mass is 302 g/mol. The molecule has 0 unspecified atom stereocenters. The van der Waals surface area contributed by atoms with Gasteiger partial charge in [-0.25, -0.2) is 4.79 Å². The molecule has 0 radical (unpaired) electrons. The average molecular weight is 302 g/mol. The topological polar surface area (TPSA) is 78.4 Å². The molecule has 5 nitrogen and oxygen atoms in total. The van der Waals surface area contributed by atoms with Crippen molar-refractivity contribution in [2.24, 2.45) is 5.92 Å². The first-order valence-electron chi connectivity index (χ1n) is 6.22. The number of carboxylic acid groups (broad SMARTS) is 1. The highest BCUT2D eigenvalue weighted by molar-refractivity contribution is 6.00. The lowest BCUT2D eigenvalue weighted by Gasteiger charge is -2.26. The van der Waals surface area contributed by atoms with Crippen molar-refractivity contribution in [3.8, 4) is 0 Å². The lowest BCUT2D eigenvalue weighted by Crippen LogP contribution is -2.43. The minimum Gasteiger partial charge on any atom is -0.478 e. The van der Waals surface area contributed by atoms with Crippen molar-refractivity contribution in [2.45, 2.75) is 12.6 Å². The Morgan fingerprint density at radius 3 is 2.48 bits per heavy atom. The zero-order chi connectivity index (χ0) is 15.6. The smallest absolute Gasteiger partial charge is 0.416 e. The second-order valence-electron chi connectivity index (χ2n) is 4.84. The van der Waals surface area contributed by atoms with Crippen molar-refractivity contribution in [3.05, 3.63) is 29.3 Å². The van der Waals surface area contributed by atoms with Crippen LogP contribution < -0.4 is 10.6 Å². The molecule has 1 saturated heterocycles. The third-order valence-corrected chi connectivity index (χ3v) is 3.19. The van der Waals surface area contributed by atoms with E-state index in [1.165, 1.54) is 0 Å². The van der Waals surface area contributed by atoms with Gasteiger partial charge >= 0.3 is 12.1 Å². The van der Waals surface area contributed by atoms with E-state index in [-0.39, 0.29) is 23.6 Å². The summed E-state index contributed by atoms with van der Waals surface area (Å²) in [5.74, 6) is -1.77. The lowest BCUT2D eigenvalue weighted by molar-refractivity contribution is -0.137. The van der Waals surface area contributed by atoms with Crippen molar-refractivity contribution in [3.63, 3.8) is 0 Å². The Balaban J connectivity index is 2.21. The summed E-state index contributed by atoms with van der Waals surface area (Å²) in [6.45, 7) is 1.34. The van der Waals surface area contributed by atoms with Gasteiger partial charge in [-0.15, -0.1) is 0 Å². The molecule has 1 heterocycles. The van der Waals surface area contributed by atoms with Crippen LogP contribution in [0, 0.1) is 5.92 Å². The van der Waals surface area contributed by atoms with Crippen LogP contribution in [0.4, 0.5) is 18.9 Å². The molecule has 0 aromatic heterocycles. The van der Waals surface area contributed by atoms with Crippen LogP contribution in [0.15, 0.2) is 18.2 Å². The van der Waals surface area contributed by atoms with Crippen molar-refractivity contribution >= 4 is 17.6 Å². The van der Waals surface area contributed by atoms with Gasteiger partial charge in [-0.05, 0) is 37.2 Å². The number of nitrogens with one attached hydrogen (secondary N) is 2. The molecule has 1 fully saturated rings. The van der Waals surface area contributed by atoms with E-state index in [9.17, 15) is 22.8 Å². The Labute approximate surface area is 118 Å². The summed E-state index contributed by atoms with van der Waals surface area (Å²) in [5.41, 5.74) is -1.72. The maximum atomic E-state index is 12.6. The number of rotatable bonds is 4. The van der Waals surface area contributed by atoms with Crippen molar-refractivity contribution < 1.29 is 27.9 Å². The summed E-state index contributed by atoms with van der Waals surface area (Å²) in [4.78, 5) is 22.7. The molecule has 3 N–H and O–H groups in total. The van der Waals surface area contributed by atoms with E-state index >= 15 is 0 Å². The van der Waals surface area contributed by atoms with Crippen LogP contribution in [0.25, 0.3) is 0 Å². The molecule has 114 valence electrons. The van der Waals surface area contributed by atoms with Crippen molar-refractivity contribution in [2.75, 3.05) is 18.4 Å². The number of alkyl halides is 3.